The van der Waals surface area contributed by atoms with Gasteiger partial charge in [-0.05, 0) is 49.2 Å². The summed E-state index contributed by atoms with van der Waals surface area (Å²) in [6.45, 7) is 1.86. The predicted octanol–water partition coefficient (Wildman–Crippen LogP) is 2.66. The number of rotatable bonds is 4. The molecule has 1 aliphatic heterocycles. The molecule has 1 heterocycles. The van der Waals surface area contributed by atoms with Gasteiger partial charge in [-0.25, -0.2) is 8.42 Å². The molecule has 7 heteroatoms. The lowest BCUT2D eigenvalue weighted by molar-refractivity contribution is 0.102. The number of nitrogens with zero attached hydrogens (tertiary/aromatic N) is 1. The van der Waals surface area contributed by atoms with Gasteiger partial charge in [0.15, 0.2) is 0 Å². The van der Waals surface area contributed by atoms with Crippen LogP contribution in [0.3, 0.4) is 0 Å². The minimum Gasteiger partial charge on any atom is -0.495 e. The first kappa shape index (κ1) is 17.3. The van der Waals surface area contributed by atoms with Gasteiger partial charge in [0, 0.05) is 11.6 Å². The van der Waals surface area contributed by atoms with Crippen molar-refractivity contribution in [2.24, 2.45) is 0 Å². The van der Waals surface area contributed by atoms with Gasteiger partial charge >= 0.3 is 0 Å². The van der Waals surface area contributed by atoms with Crippen molar-refractivity contribution in [1.29, 1.82) is 0 Å². The smallest absolute Gasteiger partial charge is 0.255 e. The van der Waals surface area contributed by atoms with Gasteiger partial charge in [-0.2, -0.15) is 0 Å². The number of anilines is 2. The average molecular weight is 360 g/mol. The third kappa shape index (κ3) is 3.32. The second kappa shape index (κ2) is 6.40. The number of carbonyl (C=O) groups is 1. The van der Waals surface area contributed by atoms with Gasteiger partial charge in [-0.1, -0.05) is 12.1 Å². The van der Waals surface area contributed by atoms with E-state index in [4.69, 9.17) is 4.74 Å². The van der Waals surface area contributed by atoms with E-state index >= 15 is 0 Å². The first-order valence-corrected chi connectivity index (χ1v) is 9.73. The zero-order chi connectivity index (χ0) is 18.2. The number of hydrogen-bond acceptors (Lipinski definition) is 4. The molecule has 6 nitrogen and oxygen atoms in total. The zero-order valence-corrected chi connectivity index (χ0v) is 15.1. The van der Waals surface area contributed by atoms with Gasteiger partial charge in [0.05, 0.1) is 24.7 Å². The van der Waals surface area contributed by atoms with Crippen molar-refractivity contribution in [3.05, 3.63) is 53.6 Å². The topological polar surface area (TPSA) is 75.7 Å². The molecule has 1 atom stereocenters. The molecule has 0 bridgehead atoms. The fourth-order valence-corrected chi connectivity index (χ4v) is 4.46. The second-order valence-electron chi connectivity index (χ2n) is 6.11. The van der Waals surface area contributed by atoms with Crippen molar-refractivity contribution in [2.45, 2.75) is 19.4 Å². The van der Waals surface area contributed by atoms with Crippen molar-refractivity contribution >= 4 is 27.3 Å². The summed E-state index contributed by atoms with van der Waals surface area (Å²) in [6.07, 6.45) is 1.78. The van der Waals surface area contributed by atoms with E-state index in [1.54, 1.807) is 37.4 Å². The molecule has 0 unspecified atom stereocenters. The molecular weight excluding hydrogens is 340 g/mol. The van der Waals surface area contributed by atoms with Crippen LogP contribution in [0.15, 0.2) is 42.5 Å². The standard InChI is InChI=1S/C18H20N2O4S/c1-12-10-14-11-13(8-9-16(14)20(12)25(3,22)23)18(21)19-15-6-4-5-7-17(15)24-2/h4-9,11-12H,10H2,1-3H3,(H,19,21)/t12-/m1/s1. The molecule has 1 amide bonds. The van der Waals surface area contributed by atoms with Gasteiger partial charge in [0.2, 0.25) is 10.0 Å². The molecule has 2 aromatic carbocycles. The van der Waals surface area contributed by atoms with Crippen LogP contribution in [0.2, 0.25) is 0 Å². The Labute approximate surface area is 147 Å². The van der Waals surface area contributed by atoms with Gasteiger partial charge in [-0.3, -0.25) is 9.10 Å². The SMILES string of the molecule is COc1ccccc1NC(=O)c1ccc2c(c1)C[C@@H](C)N2S(C)(=O)=O. The Morgan fingerprint density at radius 2 is 1.96 bits per heavy atom. The Morgan fingerprint density at radius 3 is 2.64 bits per heavy atom. The van der Waals surface area contributed by atoms with Crippen LogP contribution < -0.4 is 14.4 Å². The van der Waals surface area contributed by atoms with Gasteiger partial charge in [0.1, 0.15) is 5.75 Å². The van der Waals surface area contributed by atoms with E-state index in [-0.39, 0.29) is 11.9 Å². The summed E-state index contributed by atoms with van der Waals surface area (Å²) in [4.78, 5) is 12.5. The number of benzene rings is 2. The fraction of sp³-hybridized carbons (Fsp3) is 0.278. The van der Waals surface area contributed by atoms with Crippen LogP contribution in [0.4, 0.5) is 11.4 Å². The Balaban J connectivity index is 1.88. The summed E-state index contributed by atoms with van der Waals surface area (Å²) in [5.74, 6) is 0.312. The number of sulfonamides is 1. The summed E-state index contributed by atoms with van der Waals surface area (Å²) in [5.41, 5.74) is 2.56. The van der Waals surface area contributed by atoms with E-state index in [1.165, 1.54) is 10.6 Å². The molecule has 2 aromatic rings. The van der Waals surface area contributed by atoms with Crippen molar-refractivity contribution in [3.8, 4) is 5.75 Å². The summed E-state index contributed by atoms with van der Waals surface area (Å²) >= 11 is 0. The maximum Gasteiger partial charge on any atom is 0.255 e. The predicted molar refractivity (Wildman–Crippen MR) is 97.9 cm³/mol. The van der Waals surface area contributed by atoms with Crippen LogP contribution in [0.5, 0.6) is 5.75 Å². The molecular formula is C18H20N2O4S. The van der Waals surface area contributed by atoms with E-state index < -0.39 is 10.0 Å². The van der Waals surface area contributed by atoms with Crippen LogP contribution in [0, 0.1) is 0 Å². The minimum absolute atomic E-state index is 0.155. The van der Waals surface area contributed by atoms with E-state index in [1.807, 2.05) is 19.1 Å². The number of ether oxygens (including phenoxy) is 1. The zero-order valence-electron chi connectivity index (χ0n) is 14.3. The van der Waals surface area contributed by atoms with E-state index in [0.717, 1.165) is 5.56 Å². The normalized spacial score (nSPS) is 16.4. The molecule has 132 valence electrons. The van der Waals surface area contributed by atoms with E-state index in [0.29, 0.717) is 29.1 Å². The number of para-hydroxylation sites is 2. The van der Waals surface area contributed by atoms with E-state index in [9.17, 15) is 13.2 Å². The Bertz CT molecular complexity index is 924. The lowest BCUT2D eigenvalue weighted by Gasteiger charge is -2.21. The summed E-state index contributed by atoms with van der Waals surface area (Å²) in [5, 5.41) is 2.83. The molecule has 25 heavy (non-hydrogen) atoms. The average Bonchev–Trinajstić information content (AvgIpc) is 2.90. The largest absolute Gasteiger partial charge is 0.495 e. The van der Waals surface area contributed by atoms with Crippen LogP contribution in [-0.2, 0) is 16.4 Å². The van der Waals surface area contributed by atoms with Crippen molar-refractivity contribution in [3.63, 3.8) is 0 Å². The first-order chi connectivity index (χ1) is 11.8. The van der Waals surface area contributed by atoms with Crippen molar-refractivity contribution in [2.75, 3.05) is 23.0 Å². The maximum absolute atomic E-state index is 12.5. The molecule has 3 rings (SSSR count). The number of nitrogens with one attached hydrogen (secondary N) is 1. The molecule has 0 saturated carbocycles. The number of carbonyl (C=O) groups excluding carboxylic acids is 1. The summed E-state index contributed by atoms with van der Waals surface area (Å²) in [6, 6.07) is 12.1. The Morgan fingerprint density at radius 1 is 1.24 bits per heavy atom. The maximum atomic E-state index is 12.5. The fourth-order valence-electron chi connectivity index (χ4n) is 3.19. The van der Waals surface area contributed by atoms with Crippen molar-refractivity contribution in [1.82, 2.24) is 0 Å². The van der Waals surface area contributed by atoms with Gasteiger partial charge < -0.3 is 10.1 Å². The molecule has 1 aliphatic rings. The molecule has 0 spiro atoms. The highest BCUT2D eigenvalue weighted by atomic mass is 32.2. The monoisotopic (exact) mass is 360 g/mol. The van der Waals surface area contributed by atoms with E-state index in [2.05, 4.69) is 5.32 Å². The van der Waals surface area contributed by atoms with Crippen LogP contribution in [0.1, 0.15) is 22.8 Å². The lowest BCUT2D eigenvalue weighted by atomic mass is 10.1. The van der Waals surface area contributed by atoms with Crippen molar-refractivity contribution < 1.29 is 17.9 Å². The highest BCUT2D eigenvalue weighted by molar-refractivity contribution is 7.92. The molecule has 0 aliphatic carbocycles. The number of fused-ring (bicyclic) bond motifs is 1. The number of methoxy groups -OCH3 is 1. The third-order valence-corrected chi connectivity index (χ3v) is 5.48. The quantitative estimate of drug-likeness (QED) is 0.909. The minimum atomic E-state index is -3.34. The Hall–Kier alpha value is -2.54. The Kier molecular flexibility index (Phi) is 4.43. The number of hydrogen-bond donors (Lipinski definition) is 1. The number of amides is 1. The first-order valence-electron chi connectivity index (χ1n) is 7.88. The summed E-state index contributed by atoms with van der Waals surface area (Å²) in [7, 11) is -1.80. The second-order valence-corrected chi connectivity index (χ2v) is 7.97. The summed E-state index contributed by atoms with van der Waals surface area (Å²) < 4.78 is 30.6. The molecule has 0 radical (unpaired) electrons. The molecule has 0 saturated heterocycles. The highest BCUT2D eigenvalue weighted by Crippen LogP contribution is 2.35. The van der Waals surface area contributed by atoms with Crippen LogP contribution in [0.25, 0.3) is 0 Å². The van der Waals surface area contributed by atoms with Gasteiger partial charge in [-0.15, -0.1) is 0 Å². The third-order valence-electron chi connectivity index (χ3n) is 4.21. The highest BCUT2D eigenvalue weighted by Gasteiger charge is 2.32. The lowest BCUT2D eigenvalue weighted by Crippen LogP contribution is -2.34. The molecule has 1 N–H and O–H groups in total. The molecule has 0 fully saturated rings. The van der Waals surface area contributed by atoms with Gasteiger partial charge in [0.25, 0.3) is 5.91 Å². The van der Waals surface area contributed by atoms with Crippen LogP contribution >= 0.6 is 0 Å². The molecule has 0 aromatic heterocycles. The van der Waals surface area contributed by atoms with Crippen LogP contribution in [-0.4, -0.2) is 33.7 Å².